The van der Waals surface area contributed by atoms with E-state index in [1.54, 1.807) is 12.3 Å². The topological polar surface area (TPSA) is 68.7 Å². The van der Waals surface area contributed by atoms with Crippen molar-refractivity contribution in [2.24, 2.45) is 11.1 Å². The van der Waals surface area contributed by atoms with Gasteiger partial charge < -0.3 is 15.4 Å². The molecule has 9 heteroatoms. The summed E-state index contributed by atoms with van der Waals surface area (Å²) in [4.78, 5) is 13.5. The zero-order chi connectivity index (χ0) is 20.0. The molecule has 0 aliphatic carbocycles. The molecule has 2 N–H and O–H groups in total. The van der Waals surface area contributed by atoms with Crippen LogP contribution in [-0.2, 0) is 4.74 Å². The van der Waals surface area contributed by atoms with Gasteiger partial charge in [-0.1, -0.05) is 41.0 Å². The summed E-state index contributed by atoms with van der Waals surface area (Å²) in [5.74, 6) is 0.904. The van der Waals surface area contributed by atoms with Gasteiger partial charge in [-0.25, -0.2) is 9.97 Å². The van der Waals surface area contributed by atoms with Gasteiger partial charge in [0.2, 0.25) is 5.95 Å². The highest BCUT2D eigenvalue weighted by atomic mass is 35.5. The Morgan fingerprint density at radius 1 is 1.17 bits per heavy atom. The molecule has 0 bridgehead atoms. The largest absolute Gasteiger partial charge is 0.379 e. The zero-order valence-corrected chi connectivity index (χ0v) is 18.1. The Balaban J connectivity index is 1.42. The van der Waals surface area contributed by atoms with Gasteiger partial charge in [-0.2, -0.15) is 0 Å². The van der Waals surface area contributed by atoms with E-state index in [9.17, 15) is 0 Å². The van der Waals surface area contributed by atoms with Crippen molar-refractivity contribution >= 4 is 46.6 Å². The van der Waals surface area contributed by atoms with Crippen molar-refractivity contribution in [3.8, 4) is 0 Å². The molecule has 5 rings (SSSR count). The summed E-state index contributed by atoms with van der Waals surface area (Å²) in [6.45, 7) is 3.25. The number of aromatic nitrogens is 3. The summed E-state index contributed by atoms with van der Waals surface area (Å²) >= 11 is 14.0. The van der Waals surface area contributed by atoms with Crippen LogP contribution in [0.3, 0.4) is 0 Å². The summed E-state index contributed by atoms with van der Waals surface area (Å²) < 4.78 is 7.69. The van der Waals surface area contributed by atoms with Gasteiger partial charge in [-0.3, -0.25) is 4.40 Å². The van der Waals surface area contributed by atoms with Gasteiger partial charge in [0.25, 0.3) is 0 Å². The molecule has 2 aliphatic rings. The average Bonchev–Trinajstić information content (AvgIpc) is 3.35. The Bertz CT molecular complexity index is 1050. The van der Waals surface area contributed by atoms with Gasteiger partial charge in [0.1, 0.15) is 0 Å². The second-order valence-electron chi connectivity index (χ2n) is 7.67. The first kappa shape index (κ1) is 19.5. The standard InChI is InChI=1S/C20H21Cl2N5OS/c21-13-2-1-3-14(17(13)22)29-15-10-25-19(27-9-6-24-18(15)27)26-7-4-20(5-8-26)12-28-11-16(20)23/h1-3,6,9-10,16H,4-5,7-8,11-12,23H2/t16-/m1/s1. The Hall–Kier alpha value is -1.51. The van der Waals surface area contributed by atoms with E-state index in [2.05, 4.69) is 9.88 Å². The molecule has 0 unspecified atom stereocenters. The number of anilines is 1. The number of hydrogen-bond acceptors (Lipinski definition) is 6. The number of benzene rings is 1. The van der Waals surface area contributed by atoms with Gasteiger partial charge in [-0.05, 0) is 25.0 Å². The second-order valence-corrected chi connectivity index (χ2v) is 9.54. The maximum Gasteiger partial charge on any atom is 0.211 e. The lowest BCUT2D eigenvalue weighted by molar-refractivity contribution is 0.131. The van der Waals surface area contributed by atoms with Crippen molar-refractivity contribution in [3.05, 3.63) is 46.8 Å². The fourth-order valence-corrected chi connectivity index (χ4v) is 5.61. The van der Waals surface area contributed by atoms with Gasteiger partial charge in [-0.15, -0.1) is 0 Å². The number of piperidine rings is 1. The van der Waals surface area contributed by atoms with E-state index in [1.165, 1.54) is 11.8 Å². The quantitative estimate of drug-likeness (QED) is 0.647. The highest BCUT2D eigenvalue weighted by molar-refractivity contribution is 7.99. The molecule has 1 atom stereocenters. The molecular weight excluding hydrogens is 429 g/mol. The number of halogens is 2. The molecule has 3 aromatic rings. The average molecular weight is 450 g/mol. The van der Waals surface area contributed by atoms with Crippen LogP contribution in [0.5, 0.6) is 0 Å². The third-order valence-corrected chi connectivity index (χ3v) is 8.02. The molecule has 6 nitrogen and oxygen atoms in total. The molecule has 0 radical (unpaired) electrons. The van der Waals surface area contributed by atoms with Crippen LogP contribution >= 0.6 is 35.0 Å². The molecule has 0 saturated carbocycles. The lowest BCUT2D eigenvalue weighted by Crippen LogP contribution is -2.49. The minimum atomic E-state index is 0.115. The fourth-order valence-electron chi connectivity index (χ4n) is 4.21. The SMILES string of the molecule is N[C@@H]1COCC12CCN(c1ncc(Sc3cccc(Cl)c3Cl)c3nccn13)CC2. The smallest absolute Gasteiger partial charge is 0.211 e. The van der Waals surface area contributed by atoms with E-state index < -0.39 is 0 Å². The number of hydrogen-bond donors (Lipinski definition) is 1. The number of rotatable bonds is 3. The summed E-state index contributed by atoms with van der Waals surface area (Å²) in [5.41, 5.74) is 7.29. The van der Waals surface area contributed by atoms with Crippen LogP contribution < -0.4 is 10.6 Å². The molecule has 1 spiro atoms. The van der Waals surface area contributed by atoms with Crippen molar-refractivity contribution in [1.82, 2.24) is 14.4 Å². The number of nitrogens with two attached hydrogens (primary N) is 1. The van der Waals surface area contributed by atoms with E-state index in [0.717, 1.165) is 53.9 Å². The molecule has 2 aliphatic heterocycles. The first-order chi connectivity index (χ1) is 14.1. The number of fused-ring (bicyclic) bond motifs is 1. The maximum absolute atomic E-state index is 6.36. The van der Waals surface area contributed by atoms with E-state index in [1.807, 2.05) is 28.9 Å². The van der Waals surface area contributed by atoms with E-state index in [4.69, 9.17) is 38.7 Å². The van der Waals surface area contributed by atoms with Crippen LogP contribution in [0.2, 0.25) is 10.0 Å². The van der Waals surface area contributed by atoms with Crippen molar-refractivity contribution in [2.75, 3.05) is 31.2 Å². The molecule has 152 valence electrons. The van der Waals surface area contributed by atoms with Crippen LogP contribution in [0.4, 0.5) is 5.95 Å². The maximum atomic E-state index is 6.36. The van der Waals surface area contributed by atoms with Crippen LogP contribution in [-0.4, -0.2) is 46.7 Å². The van der Waals surface area contributed by atoms with Crippen molar-refractivity contribution in [2.45, 2.75) is 28.7 Å². The third kappa shape index (κ3) is 3.39. The molecule has 2 aromatic heterocycles. The van der Waals surface area contributed by atoms with Crippen LogP contribution in [0.1, 0.15) is 12.8 Å². The lowest BCUT2D eigenvalue weighted by atomic mass is 9.75. The highest BCUT2D eigenvalue weighted by Crippen LogP contribution is 2.41. The summed E-state index contributed by atoms with van der Waals surface area (Å²) in [6.07, 6.45) is 7.65. The zero-order valence-electron chi connectivity index (χ0n) is 15.7. The summed E-state index contributed by atoms with van der Waals surface area (Å²) in [6, 6.07) is 5.75. The molecule has 2 fully saturated rings. The van der Waals surface area contributed by atoms with Crippen molar-refractivity contribution in [3.63, 3.8) is 0 Å². The summed E-state index contributed by atoms with van der Waals surface area (Å²) in [5, 5.41) is 1.08. The lowest BCUT2D eigenvalue weighted by Gasteiger charge is -2.41. The minimum absolute atomic E-state index is 0.115. The molecule has 2 saturated heterocycles. The normalized spacial score (nSPS) is 21.3. The van der Waals surface area contributed by atoms with Crippen LogP contribution in [0.25, 0.3) is 5.65 Å². The molecule has 4 heterocycles. The van der Waals surface area contributed by atoms with Crippen LogP contribution in [0.15, 0.2) is 46.6 Å². The third-order valence-electron chi connectivity index (χ3n) is 6.03. The van der Waals surface area contributed by atoms with Gasteiger partial charge in [0.15, 0.2) is 5.65 Å². The van der Waals surface area contributed by atoms with Gasteiger partial charge >= 0.3 is 0 Å². The highest BCUT2D eigenvalue weighted by Gasteiger charge is 2.44. The van der Waals surface area contributed by atoms with Gasteiger partial charge in [0.05, 0.1) is 28.2 Å². The Morgan fingerprint density at radius 3 is 2.76 bits per heavy atom. The molecule has 0 amide bonds. The predicted octanol–water partition coefficient (Wildman–Crippen LogP) is 4.13. The monoisotopic (exact) mass is 449 g/mol. The first-order valence-electron chi connectivity index (χ1n) is 9.60. The second kappa shape index (κ2) is 7.63. The summed E-state index contributed by atoms with van der Waals surface area (Å²) in [7, 11) is 0. The van der Waals surface area contributed by atoms with Crippen molar-refractivity contribution < 1.29 is 4.74 Å². The Kier molecular flexibility index (Phi) is 5.12. The Labute approximate surface area is 183 Å². The van der Waals surface area contributed by atoms with E-state index >= 15 is 0 Å². The van der Waals surface area contributed by atoms with Crippen LogP contribution in [0, 0.1) is 5.41 Å². The molecule has 29 heavy (non-hydrogen) atoms. The molecule has 1 aromatic carbocycles. The first-order valence-corrected chi connectivity index (χ1v) is 11.2. The number of imidazole rings is 1. The predicted molar refractivity (Wildman–Crippen MR) is 116 cm³/mol. The minimum Gasteiger partial charge on any atom is -0.379 e. The van der Waals surface area contributed by atoms with Gasteiger partial charge in [0, 0.05) is 48.0 Å². The fraction of sp³-hybridized carbons (Fsp3) is 0.400. The van der Waals surface area contributed by atoms with E-state index in [0.29, 0.717) is 16.7 Å². The van der Waals surface area contributed by atoms with E-state index in [-0.39, 0.29) is 11.5 Å². The Morgan fingerprint density at radius 2 is 2.00 bits per heavy atom. The number of nitrogens with zero attached hydrogens (tertiary/aromatic N) is 4. The number of ether oxygens (including phenoxy) is 1. The van der Waals surface area contributed by atoms with Crippen molar-refractivity contribution in [1.29, 1.82) is 0 Å². The molecular formula is C20H21Cl2N5OS.